The number of amides is 2. The number of hydrogen-bond donors (Lipinski definition) is 2. The van der Waals surface area contributed by atoms with Crippen molar-refractivity contribution < 1.29 is 23.8 Å². The Bertz CT molecular complexity index is 943. The molecule has 0 aliphatic heterocycles. The Morgan fingerprint density at radius 3 is 2.47 bits per heavy atom. The number of carbonyl (C=O) groups is 2. The average Bonchev–Trinajstić information content (AvgIpc) is 2.72. The van der Waals surface area contributed by atoms with E-state index in [0.717, 1.165) is 6.42 Å². The molecule has 0 aliphatic rings. The number of halogens is 1. The molecule has 7 nitrogen and oxygen atoms in total. The molecule has 0 unspecified atom stereocenters. The van der Waals surface area contributed by atoms with Crippen molar-refractivity contribution in [3.8, 4) is 17.2 Å². The third-order valence-electron chi connectivity index (χ3n) is 3.92. The van der Waals surface area contributed by atoms with Crippen LogP contribution in [0.2, 0.25) is 5.02 Å². The fraction of sp³-hybridized carbons (Fsp3) is 0.273. The van der Waals surface area contributed by atoms with Gasteiger partial charge in [0.05, 0.1) is 37.2 Å². The monoisotopic (exact) mass is 432 g/mol. The largest absolute Gasteiger partial charge is 0.497 e. The lowest BCUT2D eigenvalue weighted by Crippen LogP contribution is -2.13. The predicted molar refractivity (Wildman–Crippen MR) is 119 cm³/mol. The van der Waals surface area contributed by atoms with Crippen LogP contribution in [0.15, 0.2) is 36.4 Å². The minimum absolute atomic E-state index is 0.252. The van der Waals surface area contributed by atoms with Crippen molar-refractivity contribution in [2.75, 3.05) is 31.5 Å². The van der Waals surface area contributed by atoms with Crippen molar-refractivity contribution in [1.82, 2.24) is 0 Å². The van der Waals surface area contributed by atoms with E-state index in [1.807, 2.05) is 6.92 Å². The number of nitrogens with one attached hydrogen (secondary N) is 2. The Balaban J connectivity index is 2.20. The SMILES string of the molecule is CCCOc1c(Cl)cc(C=CC(=O)Nc2cc(OC)ccc2NC(C)=O)cc1OC. The summed E-state index contributed by atoms with van der Waals surface area (Å²) in [6.45, 7) is 3.90. The molecule has 0 saturated heterocycles. The highest BCUT2D eigenvalue weighted by Crippen LogP contribution is 2.37. The Morgan fingerprint density at radius 2 is 1.83 bits per heavy atom. The molecule has 2 aromatic rings. The highest BCUT2D eigenvalue weighted by atomic mass is 35.5. The number of carbonyl (C=O) groups excluding carboxylic acids is 2. The lowest BCUT2D eigenvalue weighted by atomic mass is 10.1. The van der Waals surface area contributed by atoms with Gasteiger partial charge in [-0.1, -0.05) is 18.5 Å². The van der Waals surface area contributed by atoms with E-state index < -0.39 is 5.91 Å². The van der Waals surface area contributed by atoms with Crippen LogP contribution in [0, 0.1) is 0 Å². The third-order valence-corrected chi connectivity index (χ3v) is 4.21. The summed E-state index contributed by atoms with van der Waals surface area (Å²) in [6.07, 6.45) is 3.80. The molecule has 0 saturated carbocycles. The first kappa shape index (κ1) is 23.1. The Hall–Kier alpha value is -3.19. The van der Waals surface area contributed by atoms with Gasteiger partial charge in [-0.2, -0.15) is 0 Å². The van der Waals surface area contributed by atoms with E-state index in [4.69, 9.17) is 25.8 Å². The van der Waals surface area contributed by atoms with Crippen LogP contribution in [-0.2, 0) is 9.59 Å². The fourth-order valence-corrected chi connectivity index (χ4v) is 2.85. The summed E-state index contributed by atoms with van der Waals surface area (Å²) in [7, 11) is 3.04. The van der Waals surface area contributed by atoms with Crippen LogP contribution >= 0.6 is 11.6 Å². The maximum atomic E-state index is 12.4. The van der Waals surface area contributed by atoms with Gasteiger partial charge in [0.1, 0.15) is 5.75 Å². The van der Waals surface area contributed by atoms with Crippen LogP contribution in [-0.4, -0.2) is 32.6 Å². The Labute approximate surface area is 181 Å². The van der Waals surface area contributed by atoms with Crippen molar-refractivity contribution in [3.05, 3.63) is 47.0 Å². The van der Waals surface area contributed by atoms with Crippen molar-refractivity contribution in [2.24, 2.45) is 0 Å². The second-order valence-electron chi connectivity index (χ2n) is 6.30. The van der Waals surface area contributed by atoms with Gasteiger partial charge in [-0.15, -0.1) is 0 Å². The highest BCUT2D eigenvalue weighted by Gasteiger charge is 2.12. The summed E-state index contributed by atoms with van der Waals surface area (Å²) in [5.74, 6) is 0.854. The lowest BCUT2D eigenvalue weighted by molar-refractivity contribution is -0.114. The van der Waals surface area contributed by atoms with E-state index in [9.17, 15) is 9.59 Å². The molecule has 2 rings (SSSR count). The zero-order chi connectivity index (χ0) is 22.1. The van der Waals surface area contributed by atoms with Crippen LogP contribution in [0.1, 0.15) is 25.8 Å². The number of ether oxygens (including phenoxy) is 3. The summed E-state index contributed by atoms with van der Waals surface area (Å²) >= 11 is 6.30. The van der Waals surface area contributed by atoms with Crippen molar-refractivity contribution in [1.29, 1.82) is 0 Å². The normalized spacial score (nSPS) is 10.6. The van der Waals surface area contributed by atoms with E-state index in [1.165, 1.54) is 27.2 Å². The van der Waals surface area contributed by atoms with E-state index in [2.05, 4.69) is 10.6 Å². The van der Waals surface area contributed by atoms with Gasteiger partial charge < -0.3 is 24.8 Å². The molecule has 2 amide bonds. The zero-order valence-corrected chi connectivity index (χ0v) is 18.1. The molecule has 8 heteroatoms. The molecule has 0 radical (unpaired) electrons. The van der Waals surface area contributed by atoms with E-state index in [0.29, 0.717) is 45.8 Å². The van der Waals surface area contributed by atoms with Gasteiger partial charge >= 0.3 is 0 Å². The summed E-state index contributed by atoms with van der Waals surface area (Å²) in [6, 6.07) is 8.38. The van der Waals surface area contributed by atoms with Crippen molar-refractivity contribution >= 4 is 40.9 Å². The van der Waals surface area contributed by atoms with E-state index >= 15 is 0 Å². The molecular formula is C22H25ClN2O5. The first-order valence-corrected chi connectivity index (χ1v) is 9.70. The van der Waals surface area contributed by atoms with Gasteiger partial charge in [0, 0.05) is 19.1 Å². The van der Waals surface area contributed by atoms with E-state index in [-0.39, 0.29) is 5.91 Å². The lowest BCUT2D eigenvalue weighted by Gasteiger charge is -2.13. The molecule has 30 heavy (non-hydrogen) atoms. The molecule has 0 spiro atoms. The second kappa shape index (κ2) is 11.1. The molecular weight excluding hydrogens is 408 g/mol. The number of hydrogen-bond acceptors (Lipinski definition) is 5. The summed E-state index contributed by atoms with van der Waals surface area (Å²) in [5.41, 5.74) is 1.55. The van der Waals surface area contributed by atoms with Gasteiger partial charge in [0.25, 0.3) is 0 Å². The molecule has 0 aliphatic carbocycles. The van der Waals surface area contributed by atoms with Crippen LogP contribution in [0.4, 0.5) is 11.4 Å². The molecule has 0 atom stereocenters. The summed E-state index contributed by atoms with van der Waals surface area (Å²) in [5, 5.41) is 5.79. The predicted octanol–water partition coefficient (Wildman–Crippen LogP) is 4.76. The standard InChI is InChI=1S/C22H25ClN2O5/c1-5-10-30-22-17(23)11-15(12-20(22)29-4)6-9-21(27)25-19-13-16(28-3)7-8-18(19)24-14(2)26/h6-9,11-13H,5,10H2,1-4H3,(H,24,26)(H,25,27). The van der Waals surface area contributed by atoms with E-state index in [1.54, 1.807) is 36.4 Å². The first-order chi connectivity index (χ1) is 14.4. The van der Waals surface area contributed by atoms with Crippen LogP contribution in [0.5, 0.6) is 17.2 Å². The molecule has 2 N–H and O–H groups in total. The van der Waals surface area contributed by atoms with Gasteiger partial charge in [-0.05, 0) is 42.3 Å². The quantitative estimate of drug-likeness (QED) is 0.558. The topological polar surface area (TPSA) is 85.9 Å². The number of anilines is 2. The van der Waals surface area contributed by atoms with Gasteiger partial charge in [-0.3, -0.25) is 9.59 Å². The average molecular weight is 433 g/mol. The second-order valence-corrected chi connectivity index (χ2v) is 6.71. The number of methoxy groups -OCH3 is 2. The third kappa shape index (κ3) is 6.42. The maximum absolute atomic E-state index is 12.4. The van der Waals surface area contributed by atoms with Gasteiger partial charge in [0.2, 0.25) is 11.8 Å². The van der Waals surface area contributed by atoms with Crippen LogP contribution in [0.3, 0.4) is 0 Å². The summed E-state index contributed by atoms with van der Waals surface area (Å²) < 4.78 is 16.2. The maximum Gasteiger partial charge on any atom is 0.248 e. The number of rotatable bonds is 9. The minimum Gasteiger partial charge on any atom is -0.497 e. The minimum atomic E-state index is -0.392. The highest BCUT2D eigenvalue weighted by molar-refractivity contribution is 6.32. The number of benzene rings is 2. The molecule has 2 aromatic carbocycles. The zero-order valence-electron chi connectivity index (χ0n) is 17.4. The summed E-state index contributed by atoms with van der Waals surface area (Å²) in [4.78, 5) is 23.8. The smallest absolute Gasteiger partial charge is 0.248 e. The molecule has 160 valence electrons. The van der Waals surface area contributed by atoms with Crippen LogP contribution in [0.25, 0.3) is 6.08 Å². The molecule has 0 bridgehead atoms. The van der Waals surface area contributed by atoms with Gasteiger partial charge in [0.15, 0.2) is 11.5 Å². The Kier molecular flexibility index (Phi) is 8.55. The molecule has 0 aromatic heterocycles. The Morgan fingerprint density at radius 1 is 1.07 bits per heavy atom. The van der Waals surface area contributed by atoms with Crippen LogP contribution < -0.4 is 24.8 Å². The molecule has 0 fully saturated rings. The van der Waals surface area contributed by atoms with Gasteiger partial charge in [-0.25, -0.2) is 0 Å². The first-order valence-electron chi connectivity index (χ1n) is 9.33. The van der Waals surface area contributed by atoms with Crippen molar-refractivity contribution in [2.45, 2.75) is 20.3 Å². The van der Waals surface area contributed by atoms with Crippen molar-refractivity contribution in [3.63, 3.8) is 0 Å². The fourth-order valence-electron chi connectivity index (χ4n) is 2.58. The molecule has 0 heterocycles.